The third-order valence-corrected chi connectivity index (χ3v) is 5.13. The van der Waals surface area contributed by atoms with Gasteiger partial charge in [0.1, 0.15) is 5.82 Å². The van der Waals surface area contributed by atoms with Crippen LogP contribution in [0, 0.1) is 5.92 Å². The summed E-state index contributed by atoms with van der Waals surface area (Å²) in [6, 6.07) is 13.8. The fourth-order valence-corrected chi connectivity index (χ4v) is 3.35. The van der Waals surface area contributed by atoms with Crippen LogP contribution in [0.3, 0.4) is 0 Å². The van der Waals surface area contributed by atoms with Gasteiger partial charge in [0.15, 0.2) is 5.82 Å². The zero-order valence-electron chi connectivity index (χ0n) is 14.8. The van der Waals surface area contributed by atoms with Crippen molar-refractivity contribution in [2.45, 2.75) is 19.8 Å². The predicted octanol–water partition coefficient (Wildman–Crippen LogP) is 5.10. The molecule has 132 valence electrons. The quantitative estimate of drug-likeness (QED) is 0.648. The van der Waals surface area contributed by atoms with Gasteiger partial charge in [0.05, 0.1) is 5.69 Å². The average Bonchev–Trinajstić information content (AvgIpc) is 2.69. The fourth-order valence-electron chi connectivity index (χ4n) is 3.23. The van der Waals surface area contributed by atoms with Crippen LogP contribution in [0.15, 0.2) is 54.9 Å². The highest BCUT2D eigenvalue weighted by Gasteiger charge is 2.19. The number of hydrogen-bond donors (Lipinski definition) is 0. The molecular weight excluding hydrogens is 344 g/mol. The number of benzene rings is 1. The molecule has 0 spiro atoms. The summed E-state index contributed by atoms with van der Waals surface area (Å²) in [5, 5.41) is 0.723. The molecule has 26 heavy (non-hydrogen) atoms. The van der Waals surface area contributed by atoms with Crippen LogP contribution in [0.1, 0.15) is 19.8 Å². The minimum Gasteiger partial charge on any atom is -0.356 e. The minimum atomic E-state index is 0.708. The maximum absolute atomic E-state index is 6.04. The molecule has 0 saturated carbocycles. The van der Waals surface area contributed by atoms with Gasteiger partial charge in [0.2, 0.25) is 0 Å². The molecule has 1 aliphatic heterocycles. The summed E-state index contributed by atoms with van der Waals surface area (Å²) in [6.07, 6.45) is 5.97. The Morgan fingerprint density at radius 3 is 2.46 bits per heavy atom. The number of halogens is 1. The molecule has 1 fully saturated rings. The Kier molecular flexibility index (Phi) is 4.85. The minimum absolute atomic E-state index is 0.708. The molecule has 4 nitrogen and oxygen atoms in total. The van der Waals surface area contributed by atoms with E-state index in [1.165, 1.54) is 12.8 Å². The first-order valence-electron chi connectivity index (χ1n) is 8.99. The Labute approximate surface area is 158 Å². The number of anilines is 1. The van der Waals surface area contributed by atoms with Crippen LogP contribution in [0.25, 0.3) is 22.6 Å². The molecule has 0 bridgehead atoms. The first kappa shape index (κ1) is 17.0. The lowest BCUT2D eigenvalue weighted by molar-refractivity contribution is 0.436. The molecule has 3 aromatic rings. The highest BCUT2D eigenvalue weighted by molar-refractivity contribution is 6.30. The topological polar surface area (TPSA) is 41.9 Å². The van der Waals surface area contributed by atoms with Crippen LogP contribution >= 0.6 is 11.6 Å². The van der Waals surface area contributed by atoms with Crippen LogP contribution in [0.4, 0.5) is 5.82 Å². The fraction of sp³-hybridized carbons (Fsp3) is 0.286. The zero-order valence-corrected chi connectivity index (χ0v) is 15.5. The van der Waals surface area contributed by atoms with E-state index in [0.717, 1.165) is 46.7 Å². The Morgan fingerprint density at radius 2 is 1.77 bits per heavy atom. The summed E-state index contributed by atoms with van der Waals surface area (Å²) in [5.41, 5.74) is 2.87. The molecule has 4 rings (SSSR count). The first-order valence-corrected chi connectivity index (χ1v) is 9.37. The summed E-state index contributed by atoms with van der Waals surface area (Å²) in [6.45, 7) is 4.38. The van der Waals surface area contributed by atoms with Crippen molar-refractivity contribution in [3.63, 3.8) is 0 Å². The molecule has 5 heteroatoms. The summed E-state index contributed by atoms with van der Waals surface area (Å²) < 4.78 is 0. The van der Waals surface area contributed by atoms with Crippen LogP contribution in [-0.4, -0.2) is 28.0 Å². The summed E-state index contributed by atoms with van der Waals surface area (Å²) in [7, 11) is 0. The molecule has 0 atom stereocenters. The van der Waals surface area contributed by atoms with Gasteiger partial charge in [-0.15, -0.1) is 0 Å². The van der Waals surface area contributed by atoms with Gasteiger partial charge in [-0.25, -0.2) is 9.97 Å². The van der Waals surface area contributed by atoms with E-state index < -0.39 is 0 Å². The molecule has 0 unspecified atom stereocenters. The van der Waals surface area contributed by atoms with Crippen LogP contribution in [0.2, 0.25) is 5.02 Å². The van der Waals surface area contributed by atoms with E-state index in [1.54, 1.807) is 6.20 Å². The molecule has 0 aliphatic carbocycles. The Morgan fingerprint density at radius 1 is 1.00 bits per heavy atom. The van der Waals surface area contributed by atoms with Crippen LogP contribution in [-0.2, 0) is 0 Å². The van der Waals surface area contributed by atoms with Crippen molar-refractivity contribution in [3.05, 3.63) is 59.9 Å². The van der Waals surface area contributed by atoms with Gasteiger partial charge < -0.3 is 4.90 Å². The molecule has 0 amide bonds. The third kappa shape index (κ3) is 3.70. The summed E-state index contributed by atoms with van der Waals surface area (Å²) >= 11 is 6.04. The van der Waals surface area contributed by atoms with Crippen molar-refractivity contribution < 1.29 is 0 Å². The van der Waals surface area contributed by atoms with Gasteiger partial charge >= 0.3 is 0 Å². The Bertz CT molecular complexity index is 872. The highest BCUT2D eigenvalue weighted by Crippen LogP contribution is 2.29. The van der Waals surface area contributed by atoms with Gasteiger partial charge in [-0.3, -0.25) is 4.98 Å². The lowest BCUT2D eigenvalue weighted by Gasteiger charge is -2.31. The largest absolute Gasteiger partial charge is 0.356 e. The second-order valence-electron chi connectivity index (χ2n) is 6.85. The van der Waals surface area contributed by atoms with Crippen LogP contribution < -0.4 is 4.90 Å². The third-order valence-electron chi connectivity index (χ3n) is 4.88. The Balaban J connectivity index is 1.78. The van der Waals surface area contributed by atoms with Gasteiger partial charge in [0.25, 0.3) is 0 Å². The van der Waals surface area contributed by atoms with E-state index >= 15 is 0 Å². The smallest absolute Gasteiger partial charge is 0.163 e. The standard InChI is InChI=1S/C21H21ClN4/c1-15-8-11-26(12-9-15)20-13-19(16-4-6-18(22)7-5-16)24-21(25-20)17-3-2-10-23-14-17/h2-7,10,13-15H,8-9,11-12H2,1H3. The van der Waals surface area contributed by atoms with Crippen molar-refractivity contribution in [2.75, 3.05) is 18.0 Å². The molecule has 0 N–H and O–H groups in total. The van der Waals surface area contributed by atoms with Crippen molar-refractivity contribution in [2.24, 2.45) is 5.92 Å². The van der Waals surface area contributed by atoms with Gasteiger partial charge in [-0.2, -0.15) is 0 Å². The van der Waals surface area contributed by atoms with Crippen molar-refractivity contribution >= 4 is 17.4 Å². The second kappa shape index (κ2) is 7.42. The number of aromatic nitrogens is 3. The van der Waals surface area contributed by atoms with E-state index in [9.17, 15) is 0 Å². The van der Waals surface area contributed by atoms with Crippen molar-refractivity contribution in [1.29, 1.82) is 0 Å². The summed E-state index contributed by atoms with van der Waals surface area (Å²) in [4.78, 5) is 16.2. The number of hydrogen-bond acceptors (Lipinski definition) is 4. The van der Waals surface area contributed by atoms with E-state index in [-0.39, 0.29) is 0 Å². The lowest BCUT2D eigenvalue weighted by Crippen LogP contribution is -2.33. The SMILES string of the molecule is CC1CCN(c2cc(-c3ccc(Cl)cc3)nc(-c3cccnc3)n2)CC1. The zero-order chi connectivity index (χ0) is 17.9. The molecule has 2 aromatic heterocycles. The van der Waals surface area contributed by atoms with Gasteiger partial charge in [-0.05, 0) is 43.0 Å². The molecule has 1 aliphatic rings. The predicted molar refractivity (Wildman–Crippen MR) is 106 cm³/mol. The monoisotopic (exact) mass is 364 g/mol. The normalized spacial score (nSPS) is 15.2. The number of piperidine rings is 1. The van der Waals surface area contributed by atoms with Crippen LogP contribution in [0.5, 0.6) is 0 Å². The van der Waals surface area contributed by atoms with E-state index in [1.807, 2.05) is 42.6 Å². The first-order chi connectivity index (χ1) is 12.7. The van der Waals surface area contributed by atoms with Crippen molar-refractivity contribution in [1.82, 2.24) is 15.0 Å². The molecule has 1 saturated heterocycles. The van der Waals surface area contributed by atoms with E-state index in [0.29, 0.717) is 5.82 Å². The van der Waals surface area contributed by atoms with Gasteiger partial charge in [-0.1, -0.05) is 30.7 Å². The summed E-state index contributed by atoms with van der Waals surface area (Å²) in [5.74, 6) is 2.47. The average molecular weight is 365 g/mol. The molecule has 3 heterocycles. The molecule has 0 radical (unpaired) electrons. The van der Waals surface area contributed by atoms with Gasteiger partial charge in [0, 0.05) is 47.7 Å². The maximum atomic E-state index is 6.04. The maximum Gasteiger partial charge on any atom is 0.163 e. The molecular formula is C21H21ClN4. The number of nitrogens with zero attached hydrogens (tertiary/aromatic N) is 4. The number of rotatable bonds is 3. The van der Waals surface area contributed by atoms with E-state index in [2.05, 4.69) is 22.9 Å². The van der Waals surface area contributed by atoms with E-state index in [4.69, 9.17) is 21.6 Å². The Hall–Kier alpha value is -2.46. The van der Waals surface area contributed by atoms with Crippen molar-refractivity contribution in [3.8, 4) is 22.6 Å². The lowest BCUT2D eigenvalue weighted by atomic mass is 9.99. The second-order valence-corrected chi connectivity index (χ2v) is 7.29. The highest BCUT2D eigenvalue weighted by atomic mass is 35.5. The molecule has 1 aromatic carbocycles. The number of pyridine rings is 1.